The molecule has 0 spiro atoms. The van der Waals surface area contributed by atoms with Crippen molar-refractivity contribution in [3.8, 4) is 11.1 Å². The highest BCUT2D eigenvalue weighted by atomic mass is 15.3. The summed E-state index contributed by atoms with van der Waals surface area (Å²) in [5.74, 6) is 0. The van der Waals surface area contributed by atoms with Gasteiger partial charge in [-0.3, -0.25) is 4.68 Å². The van der Waals surface area contributed by atoms with Crippen LogP contribution in [0.15, 0.2) is 18.2 Å². The van der Waals surface area contributed by atoms with Gasteiger partial charge in [-0.25, -0.2) is 0 Å². The average Bonchev–Trinajstić information content (AvgIpc) is 3.16. The highest BCUT2D eigenvalue weighted by Gasteiger charge is 2.28. The molecule has 1 atom stereocenters. The molecule has 23 heavy (non-hydrogen) atoms. The monoisotopic (exact) mass is 309 g/mol. The second kappa shape index (κ2) is 5.79. The minimum Gasteiger partial charge on any atom is -0.300 e. The largest absolute Gasteiger partial charge is 0.300 e. The quantitative estimate of drug-likeness (QED) is 0.844. The molecule has 2 aromatic rings. The van der Waals surface area contributed by atoms with Crippen LogP contribution in [0.3, 0.4) is 0 Å². The van der Waals surface area contributed by atoms with Crippen LogP contribution >= 0.6 is 0 Å². The second-order valence-electron chi connectivity index (χ2n) is 7.25. The van der Waals surface area contributed by atoms with Crippen molar-refractivity contribution in [2.24, 2.45) is 7.05 Å². The Labute approximate surface area is 139 Å². The Morgan fingerprint density at radius 1 is 1.13 bits per heavy atom. The lowest BCUT2D eigenvalue weighted by Gasteiger charge is -2.33. The normalized spacial score (nSPS) is 21.6. The van der Waals surface area contributed by atoms with E-state index in [1.165, 1.54) is 62.0 Å². The molecule has 1 unspecified atom stereocenters. The van der Waals surface area contributed by atoms with E-state index in [2.05, 4.69) is 42.0 Å². The molecule has 0 amide bonds. The number of benzene rings is 1. The first-order valence-corrected chi connectivity index (χ1v) is 9.00. The van der Waals surface area contributed by atoms with E-state index in [0.29, 0.717) is 0 Å². The first kappa shape index (κ1) is 14.9. The van der Waals surface area contributed by atoms with Crippen molar-refractivity contribution in [3.63, 3.8) is 0 Å². The van der Waals surface area contributed by atoms with Gasteiger partial charge in [-0.05, 0) is 75.7 Å². The summed E-state index contributed by atoms with van der Waals surface area (Å²) in [5, 5.41) is 4.62. The summed E-state index contributed by atoms with van der Waals surface area (Å²) < 4.78 is 2.01. The van der Waals surface area contributed by atoms with E-state index in [-0.39, 0.29) is 0 Å². The van der Waals surface area contributed by atoms with Gasteiger partial charge in [0, 0.05) is 24.3 Å². The number of aromatic nitrogens is 2. The van der Waals surface area contributed by atoms with Crippen LogP contribution in [0.4, 0.5) is 0 Å². The molecule has 1 fully saturated rings. The van der Waals surface area contributed by atoms with Crippen LogP contribution in [0, 0.1) is 13.8 Å². The number of aryl methyl sites for hydroxylation is 2. The molecule has 3 heteroatoms. The molecule has 1 aromatic heterocycles. The topological polar surface area (TPSA) is 21.1 Å². The Morgan fingerprint density at radius 2 is 1.91 bits per heavy atom. The summed E-state index contributed by atoms with van der Waals surface area (Å²) in [6.07, 6.45) is 6.51. The fourth-order valence-electron chi connectivity index (χ4n) is 4.60. The van der Waals surface area contributed by atoms with Crippen LogP contribution in [0.5, 0.6) is 0 Å². The number of hydrogen-bond donors (Lipinski definition) is 0. The maximum Gasteiger partial charge on any atom is 0.0674 e. The minimum atomic E-state index is 0.761. The van der Waals surface area contributed by atoms with Crippen molar-refractivity contribution in [2.45, 2.75) is 52.0 Å². The number of nitrogens with zero attached hydrogens (tertiary/aromatic N) is 3. The molecule has 4 rings (SSSR count). The van der Waals surface area contributed by atoms with Gasteiger partial charge >= 0.3 is 0 Å². The standard InChI is InChI=1S/C20H27N3/c1-14-20(15(2)22(3)21-14)19-8-6-7-16-13-17(9-10-18(16)19)23-11-4-5-12-23/h6-8,17H,4-5,9-13H2,1-3H3. The van der Waals surface area contributed by atoms with Crippen molar-refractivity contribution in [3.05, 3.63) is 40.7 Å². The van der Waals surface area contributed by atoms with Crippen molar-refractivity contribution in [1.82, 2.24) is 14.7 Å². The fraction of sp³-hybridized carbons (Fsp3) is 0.550. The summed E-state index contributed by atoms with van der Waals surface area (Å²) in [5.41, 5.74) is 8.34. The predicted octanol–water partition coefficient (Wildman–Crippen LogP) is 3.66. The van der Waals surface area contributed by atoms with Crippen molar-refractivity contribution in [1.29, 1.82) is 0 Å². The Bertz CT molecular complexity index is 723. The second-order valence-corrected chi connectivity index (χ2v) is 7.25. The molecule has 1 aromatic carbocycles. The summed E-state index contributed by atoms with van der Waals surface area (Å²) in [4.78, 5) is 2.72. The lowest BCUT2D eigenvalue weighted by atomic mass is 9.82. The zero-order valence-corrected chi connectivity index (χ0v) is 14.6. The molecule has 1 aliphatic heterocycles. The molecule has 1 saturated heterocycles. The highest BCUT2D eigenvalue weighted by molar-refractivity contribution is 5.73. The fourth-order valence-corrected chi connectivity index (χ4v) is 4.60. The van der Waals surface area contributed by atoms with Gasteiger partial charge in [0.1, 0.15) is 0 Å². The highest BCUT2D eigenvalue weighted by Crippen LogP contribution is 2.36. The zero-order valence-electron chi connectivity index (χ0n) is 14.6. The average molecular weight is 309 g/mol. The maximum atomic E-state index is 4.62. The lowest BCUT2D eigenvalue weighted by molar-refractivity contribution is 0.222. The predicted molar refractivity (Wildman–Crippen MR) is 94.7 cm³/mol. The van der Waals surface area contributed by atoms with Gasteiger partial charge < -0.3 is 4.90 Å². The van der Waals surface area contributed by atoms with Crippen LogP contribution < -0.4 is 0 Å². The summed E-state index contributed by atoms with van der Waals surface area (Å²) >= 11 is 0. The van der Waals surface area contributed by atoms with Crippen LogP contribution in [-0.4, -0.2) is 33.8 Å². The molecule has 0 bridgehead atoms. The molecule has 0 radical (unpaired) electrons. The smallest absolute Gasteiger partial charge is 0.0674 e. The molecular formula is C20H27N3. The first-order valence-electron chi connectivity index (χ1n) is 9.00. The van der Waals surface area contributed by atoms with Crippen LogP contribution in [0.2, 0.25) is 0 Å². The first-order chi connectivity index (χ1) is 11.1. The number of likely N-dealkylation sites (tertiary alicyclic amines) is 1. The van der Waals surface area contributed by atoms with E-state index in [0.717, 1.165) is 11.7 Å². The van der Waals surface area contributed by atoms with E-state index < -0.39 is 0 Å². The Hall–Kier alpha value is -1.61. The summed E-state index contributed by atoms with van der Waals surface area (Å²) in [6, 6.07) is 7.65. The lowest BCUT2D eigenvalue weighted by Crippen LogP contribution is -2.37. The van der Waals surface area contributed by atoms with E-state index >= 15 is 0 Å². The third kappa shape index (κ3) is 2.51. The van der Waals surface area contributed by atoms with Gasteiger partial charge in [-0.15, -0.1) is 0 Å². The Balaban J connectivity index is 1.71. The summed E-state index contributed by atoms with van der Waals surface area (Å²) in [6.45, 7) is 6.93. The molecule has 0 saturated carbocycles. The van der Waals surface area contributed by atoms with Gasteiger partial charge in [-0.1, -0.05) is 18.2 Å². The molecule has 122 valence electrons. The zero-order chi connectivity index (χ0) is 16.0. The molecule has 3 nitrogen and oxygen atoms in total. The number of hydrogen-bond acceptors (Lipinski definition) is 2. The Kier molecular flexibility index (Phi) is 3.76. The molecule has 1 aliphatic carbocycles. The molecule has 2 heterocycles. The van der Waals surface area contributed by atoms with Gasteiger partial charge in [0.15, 0.2) is 0 Å². The van der Waals surface area contributed by atoms with Crippen molar-refractivity contribution >= 4 is 0 Å². The van der Waals surface area contributed by atoms with E-state index in [1.54, 1.807) is 11.1 Å². The SMILES string of the molecule is Cc1nn(C)c(C)c1-c1cccc2c1CCC(N1CCCC1)C2. The van der Waals surface area contributed by atoms with Gasteiger partial charge in [0.25, 0.3) is 0 Å². The molecule has 2 aliphatic rings. The number of fused-ring (bicyclic) bond motifs is 1. The van der Waals surface area contributed by atoms with Crippen LogP contribution in [-0.2, 0) is 19.9 Å². The minimum absolute atomic E-state index is 0.761. The van der Waals surface area contributed by atoms with E-state index in [1.807, 2.05) is 11.7 Å². The van der Waals surface area contributed by atoms with Gasteiger partial charge in [-0.2, -0.15) is 5.10 Å². The van der Waals surface area contributed by atoms with Crippen LogP contribution in [0.25, 0.3) is 11.1 Å². The van der Waals surface area contributed by atoms with Crippen molar-refractivity contribution in [2.75, 3.05) is 13.1 Å². The molecule has 0 N–H and O–H groups in total. The van der Waals surface area contributed by atoms with E-state index in [4.69, 9.17) is 0 Å². The van der Waals surface area contributed by atoms with Gasteiger partial charge in [0.2, 0.25) is 0 Å². The molecular weight excluding hydrogens is 282 g/mol. The van der Waals surface area contributed by atoms with Crippen molar-refractivity contribution < 1.29 is 0 Å². The number of rotatable bonds is 2. The maximum absolute atomic E-state index is 4.62. The van der Waals surface area contributed by atoms with Crippen LogP contribution in [0.1, 0.15) is 41.8 Å². The van der Waals surface area contributed by atoms with Gasteiger partial charge in [0.05, 0.1) is 5.69 Å². The van der Waals surface area contributed by atoms with E-state index in [9.17, 15) is 0 Å². The third-order valence-electron chi connectivity index (χ3n) is 5.89. The third-order valence-corrected chi connectivity index (χ3v) is 5.89. The Morgan fingerprint density at radius 3 is 2.61 bits per heavy atom. The summed E-state index contributed by atoms with van der Waals surface area (Å²) in [7, 11) is 2.05.